The molecule has 1 aromatic heterocycles. The Balaban J connectivity index is 2.67. The lowest BCUT2D eigenvalue weighted by atomic mass is 10.1. The van der Waals surface area contributed by atoms with Gasteiger partial charge < -0.3 is 10.2 Å². The van der Waals surface area contributed by atoms with Gasteiger partial charge in [0.2, 0.25) is 0 Å². The number of pyridine rings is 1. The maximum atomic E-state index is 10.6. The lowest BCUT2D eigenvalue weighted by Crippen LogP contribution is -1.95. The smallest absolute Gasteiger partial charge is 0.335 e. The lowest BCUT2D eigenvalue weighted by Gasteiger charge is -1.99. The molecular formula is C10H7NO3. The molecular weight excluding hydrogens is 182 g/mol. The molecule has 1 aromatic carbocycles. The Morgan fingerprint density at radius 2 is 2.07 bits per heavy atom. The summed E-state index contributed by atoms with van der Waals surface area (Å²) in [6.45, 7) is 0. The van der Waals surface area contributed by atoms with Gasteiger partial charge in [-0.05, 0) is 18.2 Å². The number of hydrogen-bond donors (Lipinski definition) is 2. The Morgan fingerprint density at radius 1 is 1.29 bits per heavy atom. The molecule has 0 unspecified atom stereocenters. The van der Waals surface area contributed by atoms with E-state index in [4.69, 9.17) is 10.2 Å². The molecule has 0 atom stereocenters. The lowest BCUT2D eigenvalue weighted by molar-refractivity contribution is 0.0697. The van der Waals surface area contributed by atoms with E-state index < -0.39 is 5.97 Å². The third-order valence-electron chi connectivity index (χ3n) is 1.92. The van der Waals surface area contributed by atoms with Crippen molar-refractivity contribution in [1.29, 1.82) is 0 Å². The highest BCUT2D eigenvalue weighted by Crippen LogP contribution is 2.18. The molecule has 0 radical (unpaired) electrons. The van der Waals surface area contributed by atoms with E-state index in [-0.39, 0.29) is 11.3 Å². The van der Waals surface area contributed by atoms with Crippen LogP contribution in [0, 0.1) is 0 Å². The number of carboxylic acid groups (broad SMARTS) is 1. The molecule has 0 bridgehead atoms. The van der Waals surface area contributed by atoms with Gasteiger partial charge in [0.1, 0.15) is 5.75 Å². The van der Waals surface area contributed by atoms with E-state index in [0.29, 0.717) is 5.52 Å². The van der Waals surface area contributed by atoms with Gasteiger partial charge in [0, 0.05) is 5.39 Å². The predicted octanol–water partition coefficient (Wildman–Crippen LogP) is 1.64. The molecule has 0 aliphatic carbocycles. The Hall–Kier alpha value is -2.10. The number of hydrogen-bond acceptors (Lipinski definition) is 3. The van der Waals surface area contributed by atoms with Gasteiger partial charge in [0.05, 0.1) is 17.3 Å². The summed E-state index contributed by atoms with van der Waals surface area (Å²) in [5, 5.41) is 18.6. The highest BCUT2D eigenvalue weighted by molar-refractivity contribution is 5.93. The van der Waals surface area contributed by atoms with Crippen LogP contribution in [0.2, 0.25) is 0 Å². The first-order valence-electron chi connectivity index (χ1n) is 3.99. The quantitative estimate of drug-likeness (QED) is 0.715. The summed E-state index contributed by atoms with van der Waals surface area (Å²) >= 11 is 0. The van der Waals surface area contributed by atoms with Crippen LogP contribution in [-0.2, 0) is 0 Å². The highest BCUT2D eigenvalue weighted by Gasteiger charge is 2.04. The largest absolute Gasteiger partial charge is 0.506 e. The van der Waals surface area contributed by atoms with Crippen LogP contribution in [0.4, 0.5) is 0 Å². The Kier molecular flexibility index (Phi) is 1.81. The summed E-state index contributed by atoms with van der Waals surface area (Å²) in [7, 11) is 0. The number of aromatic hydroxyl groups is 1. The summed E-state index contributed by atoms with van der Waals surface area (Å²) in [5.74, 6) is -0.914. The van der Waals surface area contributed by atoms with Gasteiger partial charge in [-0.3, -0.25) is 4.98 Å². The van der Waals surface area contributed by atoms with Gasteiger partial charge in [-0.15, -0.1) is 0 Å². The fourth-order valence-electron chi connectivity index (χ4n) is 1.24. The molecule has 2 N–H and O–H groups in total. The van der Waals surface area contributed by atoms with E-state index in [0.717, 1.165) is 5.39 Å². The summed E-state index contributed by atoms with van der Waals surface area (Å²) in [6.07, 6.45) is 1.29. The second kappa shape index (κ2) is 2.99. The molecule has 4 nitrogen and oxygen atoms in total. The number of aromatic nitrogens is 1. The van der Waals surface area contributed by atoms with E-state index in [1.165, 1.54) is 24.4 Å². The van der Waals surface area contributed by atoms with E-state index in [1.54, 1.807) is 6.07 Å². The maximum absolute atomic E-state index is 10.6. The van der Waals surface area contributed by atoms with Gasteiger partial charge in [0.15, 0.2) is 0 Å². The number of aromatic carboxylic acids is 1. The van der Waals surface area contributed by atoms with Gasteiger partial charge in [-0.25, -0.2) is 4.79 Å². The van der Waals surface area contributed by atoms with Gasteiger partial charge in [0.25, 0.3) is 0 Å². The van der Waals surface area contributed by atoms with Crippen molar-refractivity contribution < 1.29 is 15.0 Å². The van der Waals surface area contributed by atoms with Crippen molar-refractivity contribution in [2.75, 3.05) is 0 Å². The van der Waals surface area contributed by atoms with E-state index >= 15 is 0 Å². The van der Waals surface area contributed by atoms with Crippen LogP contribution in [0.5, 0.6) is 5.75 Å². The van der Waals surface area contributed by atoms with Crippen molar-refractivity contribution in [1.82, 2.24) is 4.98 Å². The molecule has 14 heavy (non-hydrogen) atoms. The molecule has 70 valence electrons. The summed E-state index contributed by atoms with van der Waals surface area (Å²) < 4.78 is 0. The molecule has 0 spiro atoms. The van der Waals surface area contributed by atoms with Crippen LogP contribution in [-0.4, -0.2) is 21.2 Å². The molecule has 0 saturated carbocycles. The average molecular weight is 189 g/mol. The molecule has 2 aromatic rings. The number of carbonyl (C=O) groups is 1. The van der Waals surface area contributed by atoms with E-state index in [2.05, 4.69) is 4.98 Å². The Bertz CT molecular complexity index is 508. The van der Waals surface area contributed by atoms with Gasteiger partial charge in [-0.1, -0.05) is 6.07 Å². The molecule has 1 heterocycles. The van der Waals surface area contributed by atoms with Crippen molar-refractivity contribution in [3.8, 4) is 5.75 Å². The van der Waals surface area contributed by atoms with E-state index in [1.807, 2.05) is 0 Å². The first-order chi connectivity index (χ1) is 6.66. The fraction of sp³-hybridized carbons (Fsp3) is 0. The van der Waals surface area contributed by atoms with Crippen molar-refractivity contribution in [2.45, 2.75) is 0 Å². The number of nitrogens with zero attached hydrogens (tertiary/aromatic N) is 1. The monoisotopic (exact) mass is 189 g/mol. The molecule has 0 saturated heterocycles. The summed E-state index contributed by atoms with van der Waals surface area (Å²) in [6, 6.07) is 6.10. The standard InChI is InChI=1S/C10H7NO3/c12-8-3-6-1-2-7(10(13)14)4-9(6)11-5-8/h1-5,12H,(H,13,14). The second-order valence-electron chi connectivity index (χ2n) is 2.91. The van der Waals surface area contributed by atoms with Crippen LogP contribution in [0.1, 0.15) is 10.4 Å². The average Bonchev–Trinajstić information content (AvgIpc) is 2.16. The number of rotatable bonds is 1. The fourth-order valence-corrected chi connectivity index (χ4v) is 1.24. The maximum Gasteiger partial charge on any atom is 0.335 e. The zero-order chi connectivity index (χ0) is 10.1. The topological polar surface area (TPSA) is 70.4 Å². The minimum absolute atomic E-state index is 0.0700. The van der Waals surface area contributed by atoms with Crippen molar-refractivity contribution in [3.63, 3.8) is 0 Å². The summed E-state index contributed by atoms with van der Waals surface area (Å²) in [5.41, 5.74) is 0.749. The minimum atomic E-state index is -0.984. The first-order valence-corrected chi connectivity index (χ1v) is 3.99. The van der Waals surface area contributed by atoms with Crippen LogP contribution >= 0.6 is 0 Å². The molecule has 0 aliphatic heterocycles. The molecule has 0 fully saturated rings. The van der Waals surface area contributed by atoms with Crippen molar-refractivity contribution in [3.05, 3.63) is 36.0 Å². The third-order valence-corrected chi connectivity index (χ3v) is 1.92. The predicted molar refractivity (Wildman–Crippen MR) is 50.4 cm³/mol. The zero-order valence-corrected chi connectivity index (χ0v) is 7.14. The highest BCUT2D eigenvalue weighted by atomic mass is 16.4. The number of carboxylic acids is 1. The van der Waals surface area contributed by atoms with Crippen LogP contribution in [0.15, 0.2) is 30.5 Å². The van der Waals surface area contributed by atoms with Gasteiger partial charge in [-0.2, -0.15) is 0 Å². The number of benzene rings is 1. The van der Waals surface area contributed by atoms with Gasteiger partial charge >= 0.3 is 5.97 Å². The van der Waals surface area contributed by atoms with Crippen molar-refractivity contribution in [2.24, 2.45) is 0 Å². The van der Waals surface area contributed by atoms with E-state index in [9.17, 15) is 4.79 Å². The van der Waals surface area contributed by atoms with Crippen molar-refractivity contribution >= 4 is 16.9 Å². The minimum Gasteiger partial charge on any atom is -0.506 e. The Morgan fingerprint density at radius 3 is 2.79 bits per heavy atom. The molecule has 0 aliphatic rings. The molecule has 0 amide bonds. The molecule has 4 heteroatoms. The SMILES string of the molecule is O=C(O)c1ccc2cc(O)cnc2c1. The third kappa shape index (κ3) is 1.37. The normalized spacial score (nSPS) is 10.3. The number of fused-ring (bicyclic) bond motifs is 1. The summed E-state index contributed by atoms with van der Waals surface area (Å²) in [4.78, 5) is 14.5. The van der Waals surface area contributed by atoms with Crippen LogP contribution in [0.25, 0.3) is 10.9 Å². The Labute approximate surface area is 79.4 Å². The first kappa shape index (κ1) is 8.50. The van der Waals surface area contributed by atoms with Crippen LogP contribution < -0.4 is 0 Å². The zero-order valence-electron chi connectivity index (χ0n) is 7.14. The molecule has 2 rings (SSSR count). The van der Waals surface area contributed by atoms with Crippen LogP contribution in [0.3, 0.4) is 0 Å². The second-order valence-corrected chi connectivity index (χ2v) is 2.91.